The third-order valence-electron chi connectivity index (χ3n) is 3.54. The van der Waals surface area contributed by atoms with Crippen LogP contribution in [-0.4, -0.2) is 22.1 Å². The van der Waals surface area contributed by atoms with Crippen LogP contribution < -0.4 is 16.2 Å². The Morgan fingerprint density at radius 1 is 1.41 bits per heavy atom. The van der Waals surface area contributed by atoms with Crippen molar-refractivity contribution < 1.29 is 4.79 Å². The molecule has 0 radical (unpaired) electrons. The van der Waals surface area contributed by atoms with Crippen LogP contribution in [-0.2, 0) is 13.1 Å². The normalized spacial score (nSPS) is 13.8. The molecule has 0 unspecified atom stereocenters. The van der Waals surface area contributed by atoms with E-state index in [9.17, 15) is 9.59 Å². The highest BCUT2D eigenvalue weighted by atomic mass is 32.1. The third-order valence-corrected chi connectivity index (χ3v) is 4.41. The first-order chi connectivity index (χ1) is 10.7. The lowest BCUT2D eigenvalue weighted by Gasteiger charge is -2.08. The first-order valence-corrected chi connectivity index (χ1v) is 8.21. The SMILES string of the molecule is O=C(NCCn1cnc(C2CC2)cc1=O)NCc1cccs1. The zero-order chi connectivity index (χ0) is 15.4. The lowest BCUT2D eigenvalue weighted by atomic mass is 10.3. The van der Waals surface area contributed by atoms with Gasteiger partial charge in [-0.3, -0.25) is 9.36 Å². The summed E-state index contributed by atoms with van der Waals surface area (Å²) in [6, 6.07) is 5.29. The molecule has 7 heteroatoms. The van der Waals surface area contributed by atoms with Gasteiger partial charge in [-0.05, 0) is 24.3 Å². The Morgan fingerprint density at radius 3 is 2.95 bits per heavy atom. The molecule has 22 heavy (non-hydrogen) atoms. The monoisotopic (exact) mass is 318 g/mol. The highest BCUT2D eigenvalue weighted by molar-refractivity contribution is 7.09. The number of thiophene rings is 1. The van der Waals surface area contributed by atoms with Crippen molar-refractivity contribution in [2.45, 2.75) is 31.8 Å². The maximum absolute atomic E-state index is 11.9. The minimum atomic E-state index is -0.232. The third kappa shape index (κ3) is 3.94. The predicted molar refractivity (Wildman–Crippen MR) is 85.0 cm³/mol. The molecule has 3 rings (SSSR count). The summed E-state index contributed by atoms with van der Waals surface area (Å²) in [6.45, 7) is 1.32. The molecule has 1 saturated carbocycles. The molecular formula is C15H18N4O2S. The number of rotatable bonds is 6. The molecular weight excluding hydrogens is 300 g/mol. The summed E-state index contributed by atoms with van der Waals surface area (Å²) in [7, 11) is 0. The van der Waals surface area contributed by atoms with Gasteiger partial charge in [0.1, 0.15) is 0 Å². The van der Waals surface area contributed by atoms with Crippen LogP contribution in [0.5, 0.6) is 0 Å². The molecule has 2 N–H and O–H groups in total. The van der Waals surface area contributed by atoms with E-state index in [1.54, 1.807) is 23.7 Å². The predicted octanol–water partition coefficient (Wildman–Crippen LogP) is 1.68. The van der Waals surface area contributed by atoms with Crippen LogP contribution in [0.4, 0.5) is 4.79 Å². The second-order valence-electron chi connectivity index (χ2n) is 5.31. The molecule has 0 spiro atoms. The highest BCUT2D eigenvalue weighted by Crippen LogP contribution is 2.38. The van der Waals surface area contributed by atoms with Gasteiger partial charge in [0.2, 0.25) is 0 Å². The Kier molecular flexibility index (Phi) is 4.53. The van der Waals surface area contributed by atoms with E-state index >= 15 is 0 Å². The average Bonchev–Trinajstić information content (AvgIpc) is 3.23. The van der Waals surface area contributed by atoms with Crippen molar-refractivity contribution in [2.24, 2.45) is 0 Å². The Bertz CT molecular complexity index is 692. The minimum Gasteiger partial charge on any atom is -0.336 e. The van der Waals surface area contributed by atoms with Crippen molar-refractivity contribution in [3.8, 4) is 0 Å². The molecule has 2 aromatic rings. The Balaban J connectivity index is 1.42. The van der Waals surface area contributed by atoms with Crippen LogP contribution in [0.2, 0.25) is 0 Å². The van der Waals surface area contributed by atoms with Gasteiger partial charge in [0, 0.05) is 30.0 Å². The Hall–Kier alpha value is -2.15. The molecule has 0 bridgehead atoms. The summed E-state index contributed by atoms with van der Waals surface area (Å²) in [4.78, 5) is 29.0. The molecule has 1 fully saturated rings. The van der Waals surface area contributed by atoms with Gasteiger partial charge in [0.05, 0.1) is 18.6 Å². The zero-order valence-electron chi connectivity index (χ0n) is 12.1. The molecule has 116 valence electrons. The zero-order valence-corrected chi connectivity index (χ0v) is 12.9. The van der Waals surface area contributed by atoms with Crippen LogP contribution in [0.1, 0.15) is 29.3 Å². The molecule has 1 aliphatic rings. The van der Waals surface area contributed by atoms with Crippen molar-refractivity contribution in [3.63, 3.8) is 0 Å². The number of carbonyl (C=O) groups is 1. The molecule has 2 amide bonds. The molecule has 1 aliphatic carbocycles. The van der Waals surface area contributed by atoms with Gasteiger partial charge in [-0.25, -0.2) is 9.78 Å². The van der Waals surface area contributed by atoms with Crippen LogP contribution in [0, 0.1) is 0 Å². The maximum atomic E-state index is 11.9. The summed E-state index contributed by atoms with van der Waals surface area (Å²) in [5.41, 5.74) is 0.834. The molecule has 6 nitrogen and oxygen atoms in total. The van der Waals surface area contributed by atoms with E-state index in [0.717, 1.165) is 23.4 Å². The van der Waals surface area contributed by atoms with Crippen LogP contribution in [0.3, 0.4) is 0 Å². The van der Waals surface area contributed by atoms with Gasteiger partial charge in [-0.15, -0.1) is 11.3 Å². The number of hydrogen-bond donors (Lipinski definition) is 2. The topological polar surface area (TPSA) is 76.0 Å². The van der Waals surface area contributed by atoms with Gasteiger partial charge in [0.15, 0.2) is 0 Å². The first kappa shape index (κ1) is 14.8. The molecule has 0 aliphatic heterocycles. The summed E-state index contributed by atoms with van der Waals surface area (Å²) < 4.78 is 1.52. The number of carbonyl (C=O) groups excluding carboxylic acids is 1. The van der Waals surface area contributed by atoms with Gasteiger partial charge in [0.25, 0.3) is 5.56 Å². The number of nitrogens with one attached hydrogen (secondary N) is 2. The Morgan fingerprint density at radius 2 is 2.27 bits per heavy atom. The largest absolute Gasteiger partial charge is 0.336 e. The van der Waals surface area contributed by atoms with E-state index in [0.29, 0.717) is 25.6 Å². The summed E-state index contributed by atoms with van der Waals surface area (Å²) in [6.07, 6.45) is 3.83. The quantitative estimate of drug-likeness (QED) is 0.851. The van der Waals surface area contributed by atoms with E-state index in [-0.39, 0.29) is 11.6 Å². The van der Waals surface area contributed by atoms with E-state index in [1.165, 1.54) is 4.57 Å². The van der Waals surface area contributed by atoms with Crippen LogP contribution in [0.15, 0.2) is 34.7 Å². The summed E-state index contributed by atoms with van der Waals surface area (Å²) in [5, 5.41) is 7.49. The molecule has 2 aromatic heterocycles. The number of hydrogen-bond acceptors (Lipinski definition) is 4. The van der Waals surface area contributed by atoms with Crippen molar-refractivity contribution in [2.75, 3.05) is 6.54 Å². The summed E-state index contributed by atoms with van der Waals surface area (Å²) >= 11 is 1.60. The van der Waals surface area contributed by atoms with Gasteiger partial charge >= 0.3 is 6.03 Å². The van der Waals surface area contributed by atoms with Crippen LogP contribution in [0.25, 0.3) is 0 Å². The van der Waals surface area contributed by atoms with Crippen LogP contribution >= 0.6 is 11.3 Å². The fraction of sp³-hybridized carbons (Fsp3) is 0.400. The van der Waals surface area contributed by atoms with E-state index in [4.69, 9.17) is 0 Å². The maximum Gasteiger partial charge on any atom is 0.315 e. The fourth-order valence-electron chi connectivity index (χ4n) is 2.14. The Labute approximate surface area is 132 Å². The van der Waals surface area contributed by atoms with Gasteiger partial charge in [-0.1, -0.05) is 6.07 Å². The van der Waals surface area contributed by atoms with E-state index in [1.807, 2.05) is 17.5 Å². The van der Waals surface area contributed by atoms with Gasteiger partial charge < -0.3 is 10.6 Å². The lowest BCUT2D eigenvalue weighted by molar-refractivity contribution is 0.240. The van der Waals surface area contributed by atoms with E-state index in [2.05, 4.69) is 15.6 Å². The number of nitrogens with zero attached hydrogens (tertiary/aromatic N) is 2. The molecule has 2 heterocycles. The fourth-order valence-corrected chi connectivity index (χ4v) is 2.79. The number of amides is 2. The van der Waals surface area contributed by atoms with E-state index < -0.39 is 0 Å². The van der Waals surface area contributed by atoms with Crippen molar-refractivity contribution in [1.82, 2.24) is 20.2 Å². The lowest BCUT2D eigenvalue weighted by Crippen LogP contribution is -2.37. The molecule has 0 saturated heterocycles. The van der Waals surface area contributed by atoms with Crippen molar-refractivity contribution in [1.29, 1.82) is 0 Å². The average molecular weight is 318 g/mol. The minimum absolute atomic E-state index is 0.0577. The second-order valence-corrected chi connectivity index (χ2v) is 6.34. The molecule has 0 aromatic carbocycles. The number of urea groups is 1. The summed E-state index contributed by atoms with van der Waals surface area (Å²) in [5.74, 6) is 0.475. The van der Waals surface area contributed by atoms with Crippen molar-refractivity contribution in [3.05, 3.63) is 50.8 Å². The number of aromatic nitrogens is 2. The highest BCUT2D eigenvalue weighted by Gasteiger charge is 2.25. The molecule has 0 atom stereocenters. The van der Waals surface area contributed by atoms with Crippen molar-refractivity contribution >= 4 is 17.4 Å². The first-order valence-electron chi connectivity index (χ1n) is 7.33. The second kappa shape index (κ2) is 6.74. The van der Waals surface area contributed by atoms with Gasteiger partial charge in [-0.2, -0.15) is 0 Å². The standard InChI is InChI=1S/C15H18N4O2S/c20-14-8-13(11-3-4-11)18-10-19(14)6-5-16-15(21)17-9-12-2-1-7-22-12/h1-2,7-8,10-11H,3-6,9H2,(H2,16,17,21). The smallest absolute Gasteiger partial charge is 0.315 e.